The van der Waals surface area contributed by atoms with Gasteiger partial charge in [-0.3, -0.25) is 4.79 Å². The van der Waals surface area contributed by atoms with Crippen molar-refractivity contribution in [3.63, 3.8) is 0 Å². The molecule has 0 saturated carbocycles. The van der Waals surface area contributed by atoms with Gasteiger partial charge in [0.1, 0.15) is 0 Å². The summed E-state index contributed by atoms with van der Waals surface area (Å²) in [6.07, 6.45) is 4.04. The first-order valence-electron chi connectivity index (χ1n) is 5.07. The molecule has 1 amide bonds. The lowest BCUT2D eigenvalue weighted by atomic mass is 9.85. The molecule has 1 radical (unpaired) electrons. The molecule has 13 heavy (non-hydrogen) atoms. The van der Waals surface area contributed by atoms with Gasteiger partial charge in [-0.15, -0.1) is 0 Å². The molecule has 0 fully saturated rings. The molecule has 2 atom stereocenters. The van der Waals surface area contributed by atoms with Gasteiger partial charge in [-0.05, 0) is 24.7 Å². The number of amides is 1. The Labute approximate surface area is 81.9 Å². The van der Waals surface area contributed by atoms with Gasteiger partial charge in [-0.2, -0.15) is 0 Å². The second-order valence-electron chi connectivity index (χ2n) is 4.17. The SMILES string of the molecule is C[CH]C(C)C(CCC(C)C)C(N)=O. The van der Waals surface area contributed by atoms with Gasteiger partial charge in [0.05, 0.1) is 0 Å². The van der Waals surface area contributed by atoms with Crippen LogP contribution in [0.5, 0.6) is 0 Å². The largest absolute Gasteiger partial charge is 0.369 e. The Balaban J connectivity index is 4.02. The highest BCUT2D eigenvalue weighted by Gasteiger charge is 2.21. The molecule has 77 valence electrons. The highest BCUT2D eigenvalue weighted by molar-refractivity contribution is 5.77. The molecule has 0 rings (SSSR count). The average Bonchev–Trinajstić information content (AvgIpc) is 2.03. The molecule has 0 bridgehead atoms. The molecular weight excluding hydrogens is 162 g/mol. The van der Waals surface area contributed by atoms with E-state index in [0.29, 0.717) is 11.8 Å². The van der Waals surface area contributed by atoms with Gasteiger partial charge in [0, 0.05) is 5.92 Å². The molecule has 0 heterocycles. The summed E-state index contributed by atoms with van der Waals surface area (Å²) in [5, 5.41) is 0. The predicted octanol–water partition coefficient (Wildman–Crippen LogP) is 2.38. The van der Waals surface area contributed by atoms with E-state index in [1.54, 1.807) is 0 Å². The quantitative estimate of drug-likeness (QED) is 0.676. The van der Waals surface area contributed by atoms with E-state index < -0.39 is 0 Å². The minimum Gasteiger partial charge on any atom is -0.369 e. The molecule has 0 aromatic rings. The first-order chi connectivity index (χ1) is 5.99. The van der Waals surface area contributed by atoms with Crippen LogP contribution >= 0.6 is 0 Å². The summed E-state index contributed by atoms with van der Waals surface area (Å²) >= 11 is 0. The number of primary amides is 1. The number of hydrogen-bond acceptors (Lipinski definition) is 1. The molecule has 0 aliphatic rings. The van der Waals surface area contributed by atoms with Gasteiger partial charge < -0.3 is 5.73 Å². The van der Waals surface area contributed by atoms with Crippen LogP contribution in [-0.4, -0.2) is 5.91 Å². The van der Waals surface area contributed by atoms with E-state index >= 15 is 0 Å². The molecule has 2 heteroatoms. The van der Waals surface area contributed by atoms with E-state index in [1.807, 2.05) is 6.92 Å². The van der Waals surface area contributed by atoms with E-state index in [0.717, 1.165) is 12.8 Å². The van der Waals surface area contributed by atoms with Crippen LogP contribution in [0.3, 0.4) is 0 Å². The van der Waals surface area contributed by atoms with Crippen LogP contribution in [0.4, 0.5) is 0 Å². The minimum atomic E-state index is -0.161. The molecule has 0 aliphatic carbocycles. The molecule has 0 aromatic heterocycles. The summed E-state index contributed by atoms with van der Waals surface area (Å²) in [5.41, 5.74) is 5.34. The Morgan fingerprint density at radius 1 is 1.31 bits per heavy atom. The highest BCUT2D eigenvalue weighted by atomic mass is 16.1. The van der Waals surface area contributed by atoms with Crippen molar-refractivity contribution >= 4 is 5.91 Å². The van der Waals surface area contributed by atoms with E-state index in [4.69, 9.17) is 5.73 Å². The summed E-state index contributed by atoms with van der Waals surface area (Å²) in [6, 6.07) is 0. The maximum atomic E-state index is 11.1. The third-order valence-electron chi connectivity index (χ3n) is 2.58. The zero-order valence-corrected chi connectivity index (χ0v) is 9.21. The fourth-order valence-corrected chi connectivity index (χ4v) is 1.41. The predicted molar refractivity (Wildman–Crippen MR) is 55.9 cm³/mol. The zero-order valence-electron chi connectivity index (χ0n) is 9.21. The normalized spacial score (nSPS) is 15.8. The van der Waals surface area contributed by atoms with Crippen molar-refractivity contribution in [2.75, 3.05) is 0 Å². The smallest absolute Gasteiger partial charge is 0.220 e. The van der Waals surface area contributed by atoms with Crippen molar-refractivity contribution < 1.29 is 4.79 Å². The molecule has 0 saturated heterocycles. The van der Waals surface area contributed by atoms with Crippen LogP contribution < -0.4 is 5.73 Å². The van der Waals surface area contributed by atoms with Crippen molar-refractivity contribution in [3.05, 3.63) is 6.42 Å². The summed E-state index contributed by atoms with van der Waals surface area (Å²) in [4.78, 5) is 11.1. The topological polar surface area (TPSA) is 43.1 Å². The molecular formula is C11H22NO. The molecule has 2 nitrogen and oxygen atoms in total. The van der Waals surface area contributed by atoms with Crippen LogP contribution in [-0.2, 0) is 4.79 Å². The van der Waals surface area contributed by atoms with Gasteiger partial charge in [0.25, 0.3) is 0 Å². The third kappa shape index (κ3) is 4.91. The van der Waals surface area contributed by atoms with E-state index in [2.05, 4.69) is 27.2 Å². The lowest BCUT2D eigenvalue weighted by Crippen LogP contribution is -2.29. The van der Waals surface area contributed by atoms with E-state index in [-0.39, 0.29) is 11.8 Å². The lowest BCUT2D eigenvalue weighted by molar-refractivity contribution is -0.123. The minimum absolute atomic E-state index is 0.0207. The Morgan fingerprint density at radius 2 is 1.85 bits per heavy atom. The highest BCUT2D eigenvalue weighted by Crippen LogP contribution is 2.21. The number of carbonyl (C=O) groups excluding carboxylic acids is 1. The van der Waals surface area contributed by atoms with Crippen molar-refractivity contribution in [2.24, 2.45) is 23.5 Å². The monoisotopic (exact) mass is 184 g/mol. The summed E-state index contributed by atoms with van der Waals surface area (Å²) in [7, 11) is 0. The van der Waals surface area contributed by atoms with Crippen LogP contribution in [0.2, 0.25) is 0 Å². The van der Waals surface area contributed by atoms with Crippen LogP contribution in [0, 0.1) is 24.2 Å². The Hall–Kier alpha value is -0.530. The molecule has 2 N–H and O–H groups in total. The van der Waals surface area contributed by atoms with Gasteiger partial charge in [-0.25, -0.2) is 0 Å². The summed E-state index contributed by atoms with van der Waals surface area (Å²) in [6.45, 7) is 8.36. The second-order valence-corrected chi connectivity index (χ2v) is 4.17. The maximum absolute atomic E-state index is 11.1. The van der Waals surface area contributed by atoms with E-state index in [1.165, 1.54) is 0 Å². The van der Waals surface area contributed by atoms with Crippen molar-refractivity contribution in [3.8, 4) is 0 Å². The van der Waals surface area contributed by atoms with Crippen molar-refractivity contribution in [1.29, 1.82) is 0 Å². The van der Waals surface area contributed by atoms with Gasteiger partial charge in [-0.1, -0.05) is 34.1 Å². The Bertz CT molecular complexity index is 154. The zero-order chi connectivity index (χ0) is 10.4. The fraction of sp³-hybridized carbons (Fsp3) is 0.818. The van der Waals surface area contributed by atoms with Gasteiger partial charge in [0.2, 0.25) is 5.91 Å². The standard InChI is InChI=1S/C11H22NO/c1-5-9(4)10(11(12)13)7-6-8(2)3/h5,8-10H,6-7H2,1-4H3,(H2,12,13). The van der Waals surface area contributed by atoms with E-state index in [9.17, 15) is 4.79 Å². The van der Waals surface area contributed by atoms with Gasteiger partial charge in [0.15, 0.2) is 0 Å². The maximum Gasteiger partial charge on any atom is 0.220 e. The first-order valence-corrected chi connectivity index (χ1v) is 5.07. The van der Waals surface area contributed by atoms with Crippen molar-refractivity contribution in [1.82, 2.24) is 0 Å². The average molecular weight is 184 g/mol. The number of nitrogens with two attached hydrogens (primary N) is 1. The molecule has 0 spiro atoms. The number of rotatable bonds is 6. The summed E-state index contributed by atoms with van der Waals surface area (Å²) < 4.78 is 0. The molecule has 0 aromatic carbocycles. The Kier molecular flexibility index (Phi) is 5.76. The number of carbonyl (C=O) groups is 1. The molecule has 0 aliphatic heterocycles. The second kappa shape index (κ2) is 6.01. The van der Waals surface area contributed by atoms with Crippen molar-refractivity contribution in [2.45, 2.75) is 40.5 Å². The number of hydrogen-bond donors (Lipinski definition) is 1. The Morgan fingerprint density at radius 3 is 2.15 bits per heavy atom. The summed E-state index contributed by atoms with van der Waals surface area (Å²) in [5.74, 6) is 0.806. The fourth-order valence-electron chi connectivity index (χ4n) is 1.41. The third-order valence-corrected chi connectivity index (χ3v) is 2.58. The first kappa shape index (κ1) is 12.5. The van der Waals surface area contributed by atoms with Gasteiger partial charge >= 0.3 is 0 Å². The lowest BCUT2D eigenvalue weighted by Gasteiger charge is -2.20. The van der Waals surface area contributed by atoms with Crippen LogP contribution in [0.15, 0.2) is 0 Å². The molecule has 2 unspecified atom stereocenters. The van der Waals surface area contributed by atoms with Crippen LogP contribution in [0.1, 0.15) is 40.5 Å². The van der Waals surface area contributed by atoms with Crippen LogP contribution in [0.25, 0.3) is 0 Å².